The minimum atomic E-state index is 0.284. The topological polar surface area (TPSA) is 82.1 Å². The van der Waals surface area contributed by atoms with Crippen molar-refractivity contribution in [2.45, 2.75) is 19.1 Å². The molecule has 6 heteroatoms. The lowest BCUT2D eigenvalue weighted by molar-refractivity contribution is 0.386. The van der Waals surface area contributed by atoms with Crippen LogP contribution in [-0.2, 0) is 11.3 Å². The predicted octanol–water partition coefficient (Wildman–Crippen LogP) is 0.197. The summed E-state index contributed by atoms with van der Waals surface area (Å²) in [5.41, 5.74) is 7.11. The maximum absolute atomic E-state index is 5.53. The van der Waals surface area contributed by atoms with Crippen molar-refractivity contribution in [3.05, 3.63) is 12.5 Å². The van der Waals surface area contributed by atoms with Crippen LogP contribution in [0.3, 0.4) is 0 Å². The lowest BCUT2D eigenvalue weighted by atomic mass is 10.3. The molecule has 0 aliphatic carbocycles. The fourth-order valence-corrected chi connectivity index (χ4v) is 1.55. The summed E-state index contributed by atoms with van der Waals surface area (Å²) in [6.07, 6.45) is 4.82. The Morgan fingerprint density at radius 3 is 3.20 bits per heavy atom. The number of fused-ring (bicyclic) bond motifs is 1. The molecule has 2 aromatic rings. The zero-order valence-electron chi connectivity index (χ0n) is 8.13. The van der Waals surface area contributed by atoms with Gasteiger partial charge in [0.1, 0.15) is 5.52 Å². The normalized spacial score (nSPS) is 19.6. The first kappa shape index (κ1) is 8.60. The molecule has 1 fully saturated rings. The van der Waals surface area contributed by atoms with Crippen molar-refractivity contribution < 1.29 is 4.74 Å². The van der Waals surface area contributed by atoms with E-state index in [1.807, 2.05) is 4.57 Å². The molecule has 1 atom stereocenters. The van der Waals surface area contributed by atoms with Crippen molar-refractivity contribution in [2.24, 2.45) is 0 Å². The van der Waals surface area contributed by atoms with Crippen LogP contribution in [0.2, 0.25) is 0 Å². The third-order valence-corrected chi connectivity index (χ3v) is 2.47. The highest BCUT2D eigenvalue weighted by atomic mass is 16.6. The van der Waals surface area contributed by atoms with Gasteiger partial charge in [-0.2, -0.15) is 4.98 Å². The summed E-state index contributed by atoms with van der Waals surface area (Å²) in [5.74, 6) is 0.284. The smallest absolute Gasteiger partial charge is 0.222 e. The largest absolute Gasteiger partial charge is 0.373 e. The first-order valence-electron chi connectivity index (χ1n) is 4.88. The van der Waals surface area contributed by atoms with E-state index in [9.17, 15) is 0 Å². The van der Waals surface area contributed by atoms with Gasteiger partial charge < -0.3 is 15.0 Å². The van der Waals surface area contributed by atoms with E-state index in [1.165, 1.54) is 0 Å². The quantitative estimate of drug-likeness (QED) is 0.723. The molecular weight excluding hydrogens is 194 g/mol. The number of epoxide rings is 1. The van der Waals surface area contributed by atoms with Gasteiger partial charge in [0, 0.05) is 6.54 Å². The summed E-state index contributed by atoms with van der Waals surface area (Å²) in [6.45, 7) is 1.74. The number of nitrogens with two attached hydrogens (primary N) is 1. The molecule has 0 spiro atoms. The van der Waals surface area contributed by atoms with Crippen LogP contribution in [0.5, 0.6) is 0 Å². The van der Waals surface area contributed by atoms with Gasteiger partial charge in [0.25, 0.3) is 0 Å². The summed E-state index contributed by atoms with van der Waals surface area (Å²) in [7, 11) is 0. The molecule has 0 saturated carbocycles. The SMILES string of the molecule is Nc1ncc2ncn(CC[C@@H]3CO3)c2n1. The van der Waals surface area contributed by atoms with Crippen LogP contribution in [0.15, 0.2) is 12.5 Å². The van der Waals surface area contributed by atoms with Crippen LogP contribution in [0.25, 0.3) is 11.2 Å². The Morgan fingerprint density at radius 2 is 2.40 bits per heavy atom. The Labute approximate surface area is 86.1 Å². The molecule has 0 radical (unpaired) electrons. The van der Waals surface area contributed by atoms with Gasteiger partial charge in [0.05, 0.1) is 25.2 Å². The van der Waals surface area contributed by atoms with Crippen molar-refractivity contribution in [2.75, 3.05) is 12.3 Å². The lowest BCUT2D eigenvalue weighted by Crippen LogP contribution is -2.02. The molecule has 6 nitrogen and oxygen atoms in total. The summed E-state index contributed by atoms with van der Waals surface area (Å²) < 4.78 is 7.13. The first-order valence-corrected chi connectivity index (χ1v) is 4.88. The highest BCUT2D eigenvalue weighted by Crippen LogP contribution is 2.16. The predicted molar refractivity (Wildman–Crippen MR) is 54.1 cm³/mol. The Morgan fingerprint density at radius 1 is 1.53 bits per heavy atom. The van der Waals surface area contributed by atoms with E-state index in [-0.39, 0.29) is 5.95 Å². The minimum absolute atomic E-state index is 0.284. The number of rotatable bonds is 3. The molecule has 0 unspecified atom stereocenters. The molecule has 1 aliphatic heterocycles. The second-order valence-corrected chi connectivity index (χ2v) is 3.62. The second kappa shape index (κ2) is 3.16. The van der Waals surface area contributed by atoms with Crippen molar-refractivity contribution in [1.82, 2.24) is 19.5 Å². The van der Waals surface area contributed by atoms with Crippen LogP contribution in [0, 0.1) is 0 Å². The molecule has 0 amide bonds. The number of nitrogen functional groups attached to an aromatic ring is 1. The molecule has 2 aromatic heterocycles. The highest BCUT2D eigenvalue weighted by molar-refractivity contribution is 5.70. The molecule has 3 heterocycles. The van der Waals surface area contributed by atoms with E-state index in [0.717, 1.165) is 30.7 Å². The van der Waals surface area contributed by atoms with Crippen LogP contribution in [0.4, 0.5) is 5.95 Å². The Balaban J connectivity index is 1.91. The fraction of sp³-hybridized carbons (Fsp3) is 0.444. The van der Waals surface area contributed by atoms with Gasteiger partial charge in [-0.05, 0) is 6.42 Å². The molecule has 1 saturated heterocycles. The maximum atomic E-state index is 5.53. The maximum Gasteiger partial charge on any atom is 0.222 e. The average Bonchev–Trinajstić information content (AvgIpc) is 2.97. The van der Waals surface area contributed by atoms with Crippen LogP contribution in [-0.4, -0.2) is 32.2 Å². The third kappa shape index (κ3) is 1.63. The fourth-order valence-electron chi connectivity index (χ4n) is 1.55. The Bertz CT molecular complexity index is 490. The van der Waals surface area contributed by atoms with Gasteiger partial charge in [-0.1, -0.05) is 0 Å². The average molecular weight is 205 g/mol. The molecule has 0 bridgehead atoms. The summed E-state index contributed by atoms with van der Waals surface area (Å²) >= 11 is 0. The Kier molecular flexibility index (Phi) is 1.81. The Hall–Kier alpha value is -1.69. The number of ether oxygens (including phenoxy) is 1. The molecule has 0 aromatic carbocycles. The van der Waals surface area contributed by atoms with Crippen molar-refractivity contribution in [3.63, 3.8) is 0 Å². The number of imidazole rings is 1. The third-order valence-electron chi connectivity index (χ3n) is 2.47. The van der Waals surface area contributed by atoms with E-state index in [1.54, 1.807) is 12.5 Å². The minimum Gasteiger partial charge on any atom is -0.373 e. The monoisotopic (exact) mass is 205 g/mol. The van der Waals surface area contributed by atoms with Crippen molar-refractivity contribution in [3.8, 4) is 0 Å². The molecule has 1 aliphatic rings. The van der Waals surface area contributed by atoms with Gasteiger partial charge in [0.15, 0.2) is 5.65 Å². The van der Waals surface area contributed by atoms with Crippen molar-refractivity contribution >= 4 is 17.1 Å². The number of aromatic nitrogens is 4. The molecular formula is C9H11N5O. The van der Waals surface area contributed by atoms with Crippen LogP contribution >= 0.6 is 0 Å². The van der Waals surface area contributed by atoms with Gasteiger partial charge in [-0.3, -0.25) is 0 Å². The van der Waals surface area contributed by atoms with Crippen molar-refractivity contribution in [1.29, 1.82) is 0 Å². The second-order valence-electron chi connectivity index (χ2n) is 3.62. The van der Waals surface area contributed by atoms with Gasteiger partial charge in [0.2, 0.25) is 5.95 Å². The van der Waals surface area contributed by atoms with E-state index < -0.39 is 0 Å². The summed E-state index contributed by atoms with van der Waals surface area (Å²) in [4.78, 5) is 12.3. The lowest BCUT2D eigenvalue weighted by Gasteiger charge is -2.01. The number of hydrogen-bond acceptors (Lipinski definition) is 5. The number of aryl methyl sites for hydroxylation is 1. The van der Waals surface area contributed by atoms with E-state index in [4.69, 9.17) is 10.5 Å². The van der Waals surface area contributed by atoms with E-state index in [2.05, 4.69) is 15.0 Å². The van der Waals surface area contributed by atoms with Crippen LogP contribution in [0.1, 0.15) is 6.42 Å². The standard InChI is InChI=1S/C9H11N5O/c10-9-11-3-7-8(13-9)14(5-12-7)2-1-6-4-15-6/h3,5-6H,1-2,4H2,(H2,10,11,13)/t6-/m1/s1. The van der Waals surface area contributed by atoms with E-state index >= 15 is 0 Å². The summed E-state index contributed by atoms with van der Waals surface area (Å²) in [5, 5.41) is 0. The van der Waals surface area contributed by atoms with Gasteiger partial charge in [-0.25, -0.2) is 9.97 Å². The first-order chi connectivity index (χ1) is 7.33. The van der Waals surface area contributed by atoms with Crippen LogP contribution < -0.4 is 5.73 Å². The number of nitrogens with zero attached hydrogens (tertiary/aromatic N) is 4. The van der Waals surface area contributed by atoms with Gasteiger partial charge in [-0.15, -0.1) is 0 Å². The number of hydrogen-bond donors (Lipinski definition) is 1. The summed E-state index contributed by atoms with van der Waals surface area (Å²) in [6, 6.07) is 0. The molecule has 78 valence electrons. The molecule has 15 heavy (non-hydrogen) atoms. The zero-order chi connectivity index (χ0) is 10.3. The highest BCUT2D eigenvalue weighted by Gasteiger charge is 2.22. The number of anilines is 1. The van der Waals surface area contributed by atoms with E-state index in [0.29, 0.717) is 6.10 Å². The van der Waals surface area contributed by atoms with Gasteiger partial charge >= 0.3 is 0 Å². The zero-order valence-corrected chi connectivity index (χ0v) is 8.13. The molecule has 2 N–H and O–H groups in total. The molecule has 3 rings (SSSR count).